The highest BCUT2D eigenvalue weighted by Crippen LogP contribution is 2.20. The minimum Gasteiger partial charge on any atom is -0.481 e. The minimum atomic E-state index is -1.74. The molecule has 0 aromatic carbocycles. The summed E-state index contributed by atoms with van der Waals surface area (Å²) < 4.78 is 0. The van der Waals surface area contributed by atoms with Crippen LogP contribution in [0.4, 0.5) is 0 Å². The molecule has 1 fully saturated rings. The molecule has 0 saturated carbocycles. The Morgan fingerprint density at radius 3 is 1.50 bits per heavy atom. The molecule has 27 nitrogen and oxygen atoms in total. The number of hydrogen-bond acceptors (Lipinski definition) is 15. The van der Waals surface area contributed by atoms with E-state index in [1.807, 2.05) is 0 Å². The van der Waals surface area contributed by atoms with E-state index >= 15 is 0 Å². The molecular formula is C43H75N13O14. The van der Waals surface area contributed by atoms with Gasteiger partial charge in [0.05, 0.1) is 18.9 Å². The monoisotopic (exact) mass is 998 g/mol. The summed E-state index contributed by atoms with van der Waals surface area (Å²) in [7, 11) is 0. The van der Waals surface area contributed by atoms with Crippen molar-refractivity contribution in [2.45, 2.75) is 166 Å². The highest BCUT2D eigenvalue weighted by Gasteiger charge is 2.40. The molecule has 1 aliphatic heterocycles. The lowest BCUT2D eigenvalue weighted by molar-refractivity contribution is -0.144. The zero-order valence-electron chi connectivity index (χ0n) is 40.6. The summed E-state index contributed by atoms with van der Waals surface area (Å²) in [6.45, 7) is 8.47. The number of hydrogen-bond donors (Lipinski definition) is 14. The lowest BCUT2D eigenvalue weighted by atomic mass is 9.99. The molecule has 19 N–H and O–H groups in total. The van der Waals surface area contributed by atoms with Gasteiger partial charge in [0.25, 0.3) is 0 Å². The molecule has 10 amide bonds. The van der Waals surface area contributed by atoms with Crippen LogP contribution in [0, 0.1) is 11.8 Å². The topological polar surface area (TPSA) is 463 Å². The number of carbonyl (C=O) groups is 12. The SMILES string of the molecule is CC(NC(=O)C(CCCCN)NC(=O)C(CCC(=O)O)NC(=O)C(CC(N)=O)NC(=O)C(N)CC(N)=O)C(=O)N1CCCC1C(=O)NC(CCCCN)C(=O)NC(C(=O)NC(C(=O)O)C(C)C)C(C)C. The number of likely N-dealkylation sites (tertiary alicyclic amines) is 1. The Morgan fingerprint density at radius 2 is 1.01 bits per heavy atom. The highest BCUT2D eigenvalue weighted by atomic mass is 16.4. The Hall–Kier alpha value is -6.48. The van der Waals surface area contributed by atoms with Crippen LogP contribution in [0.2, 0.25) is 0 Å². The van der Waals surface area contributed by atoms with Gasteiger partial charge in [0.15, 0.2) is 0 Å². The van der Waals surface area contributed by atoms with Crippen molar-refractivity contribution in [1.29, 1.82) is 0 Å². The molecule has 0 aliphatic carbocycles. The van der Waals surface area contributed by atoms with E-state index in [0.29, 0.717) is 25.7 Å². The van der Waals surface area contributed by atoms with Gasteiger partial charge in [0.1, 0.15) is 48.3 Å². The molecule has 0 bridgehead atoms. The Labute approximate surface area is 406 Å². The molecule has 396 valence electrons. The second-order valence-corrected chi connectivity index (χ2v) is 17.9. The largest absolute Gasteiger partial charge is 0.481 e. The molecular weight excluding hydrogens is 923 g/mol. The van der Waals surface area contributed by atoms with E-state index in [1.54, 1.807) is 27.7 Å². The molecule has 27 heteroatoms. The third-order valence-corrected chi connectivity index (χ3v) is 11.3. The second-order valence-electron chi connectivity index (χ2n) is 17.9. The normalized spacial score (nSPS) is 16.8. The van der Waals surface area contributed by atoms with E-state index in [1.165, 1.54) is 11.8 Å². The Bertz CT molecular complexity index is 1870. The third kappa shape index (κ3) is 21.4. The van der Waals surface area contributed by atoms with Crippen LogP contribution in [0.15, 0.2) is 0 Å². The standard InChI is InChI=1S/C43H75N13O14/c1-21(2)33(41(67)55-34(22(3)4)43(69)70)54-38(64)26(12-7-9-17-45)52-40(66)29-13-10-18-56(29)42(68)23(5)49-36(62)25(11-6-8-16-44)50-37(63)27(14-15-32(59)60)51-39(65)28(20-31(48)58)53-35(61)24(46)19-30(47)57/h21-29,33-34H,6-20,44-46H2,1-5H3,(H2,47,57)(H2,48,58)(H,49,62)(H,50,63)(H,51,65)(H,52,66)(H,53,61)(H,54,64)(H,55,67)(H,59,60)(H,69,70). The molecule has 0 aromatic heterocycles. The molecule has 0 aromatic rings. The van der Waals surface area contributed by atoms with Gasteiger partial charge in [-0.25, -0.2) is 4.79 Å². The molecule has 0 radical (unpaired) electrons. The van der Waals surface area contributed by atoms with Crippen LogP contribution in [0.1, 0.15) is 112 Å². The quantitative estimate of drug-likeness (QED) is 0.0274. The third-order valence-electron chi connectivity index (χ3n) is 11.3. The van der Waals surface area contributed by atoms with Crippen LogP contribution in [-0.2, 0) is 57.5 Å². The van der Waals surface area contributed by atoms with Crippen molar-refractivity contribution >= 4 is 71.0 Å². The molecule has 9 unspecified atom stereocenters. The van der Waals surface area contributed by atoms with E-state index in [2.05, 4.69) is 37.2 Å². The van der Waals surface area contributed by atoms with Gasteiger partial charge in [-0.05, 0) is 89.6 Å². The fraction of sp³-hybridized carbons (Fsp3) is 0.721. The molecule has 0 spiro atoms. The molecule has 1 saturated heterocycles. The summed E-state index contributed by atoms with van der Waals surface area (Å²) in [6.07, 6.45) is -0.455. The maximum Gasteiger partial charge on any atom is 0.326 e. The molecule has 1 aliphatic rings. The van der Waals surface area contributed by atoms with Crippen LogP contribution < -0.4 is 65.9 Å². The summed E-state index contributed by atoms with van der Waals surface area (Å²) in [4.78, 5) is 156. The first kappa shape index (κ1) is 61.5. The van der Waals surface area contributed by atoms with Gasteiger partial charge in [-0.2, -0.15) is 0 Å². The lowest BCUT2D eigenvalue weighted by Crippen LogP contribution is -2.60. The molecule has 1 heterocycles. The van der Waals surface area contributed by atoms with Crippen LogP contribution >= 0.6 is 0 Å². The number of carbonyl (C=O) groups excluding carboxylic acids is 10. The van der Waals surface area contributed by atoms with Crippen molar-refractivity contribution in [1.82, 2.24) is 42.1 Å². The van der Waals surface area contributed by atoms with Crippen molar-refractivity contribution in [3.8, 4) is 0 Å². The predicted octanol–water partition coefficient (Wildman–Crippen LogP) is -5.01. The van der Waals surface area contributed by atoms with E-state index in [0.717, 1.165) is 0 Å². The van der Waals surface area contributed by atoms with Crippen molar-refractivity contribution in [3.05, 3.63) is 0 Å². The number of amides is 10. The highest BCUT2D eigenvalue weighted by molar-refractivity contribution is 5.99. The number of aliphatic carboxylic acids is 2. The number of rotatable bonds is 33. The average Bonchev–Trinajstić information content (AvgIpc) is 3.77. The van der Waals surface area contributed by atoms with E-state index in [9.17, 15) is 67.7 Å². The first-order valence-corrected chi connectivity index (χ1v) is 23.4. The van der Waals surface area contributed by atoms with Crippen molar-refractivity contribution in [2.75, 3.05) is 19.6 Å². The molecule has 1 rings (SSSR count). The zero-order valence-corrected chi connectivity index (χ0v) is 40.6. The first-order chi connectivity index (χ1) is 32.7. The summed E-state index contributed by atoms with van der Waals surface area (Å²) in [6, 6.07) is -12.3. The smallest absolute Gasteiger partial charge is 0.326 e. The second kappa shape index (κ2) is 30.9. The van der Waals surface area contributed by atoms with Crippen LogP contribution in [0.5, 0.6) is 0 Å². The van der Waals surface area contributed by atoms with Gasteiger partial charge < -0.3 is 81.0 Å². The van der Waals surface area contributed by atoms with Gasteiger partial charge in [-0.1, -0.05) is 27.7 Å². The zero-order chi connectivity index (χ0) is 53.4. The van der Waals surface area contributed by atoms with Crippen molar-refractivity contribution in [3.63, 3.8) is 0 Å². The van der Waals surface area contributed by atoms with Crippen LogP contribution in [0.25, 0.3) is 0 Å². The Morgan fingerprint density at radius 1 is 0.557 bits per heavy atom. The number of carboxylic acid groups (broad SMARTS) is 2. The van der Waals surface area contributed by atoms with Gasteiger partial charge in [-0.3, -0.25) is 52.7 Å². The van der Waals surface area contributed by atoms with Gasteiger partial charge in [0, 0.05) is 13.0 Å². The van der Waals surface area contributed by atoms with Gasteiger partial charge in [0.2, 0.25) is 59.1 Å². The number of unbranched alkanes of at least 4 members (excludes halogenated alkanes) is 2. The number of nitrogens with zero attached hydrogens (tertiary/aromatic N) is 1. The number of primary amides is 2. The number of carboxylic acids is 2. The maximum atomic E-state index is 14.0. The van der Waals surface area contributed by atoms with Gasteiger partial charge >= 0.3 is 11.9 Å². The van der Waals surface area contributed by atoms with Crippen molar-refractivity contribution in [2.24, 2.45) is 40.5 Å². The van der Waals surface area contributed by atoms with E-state index < -0.39 is 163 Å². The maximum absolute atomic E-state index is 14.0. The van der Waals surface area contributed by atoms with Crippen LogP contribution in [-0.4, -0.2) is 160 Å². The number of nitrogens with two attached hydrogens (primary N) is 5. The van der Waals surface area contributed by atoms with Crippen LogP contribution in [0.3, 0.4) is 0 Å². The predicted molar refractivity (Wildman–Crippen MR) is 250 cm³/mol. The van der Waals surface area contributed by atoms with Crippen molar-refractivity contribution < 1.29 is 67.7 Å². The summed E-state index contributed by atoms with van der Waals surface area (Å²) >= 11 is 0. The van der Waals surface area contributed by atoms with Gasteiger partial charge in [-0.15, -0.1) is 0 Å². The van der Waals surface area contributed by atoms with E-state index in [-0.39, 0.29) is 45.3 Å². The Kier molecular flexibility index (Phi) is 27.2. The summed E-state index contributed by atoms with van der Waals surface area (Å²) in [5, 5.41) is 36.2. The summed E-state index contributed by atoms with van der Waals surface area (Å²) in [5.74, 6) is -12.6. The fourth-order valence-corrected chi connectivity index (χ4v) is 7.34. The molecule has 70 heavy (non-hydrogen) atoms. The average molecular weight is 998 g/mol. The first-order valence-electron chi connectivity index (χ1n) is 23.4. The van der Waals surface area contributed by atoms with E-state index in [4.69, 9.17) is 28.7 Å². The lowest BCUT2D eigenvalue weighted by Gasteiger charge is -2.30. The minimum absolute atomic E-state index is 0.0487. The number of nitrogens with one attached hydrogen (secondary N) is 7. The fourth-order valence-electron chi connectivity index (χ4n) is 7.34. The summed E-state index contributed by atoms with van der Waals surface area (Å²) in [5.41, 5.74) is 27.3. The Balaban J connectivity index is 3.31. The molecule has 9 atom stereocenters.